The number of rotatable bonds is 4. The smallest absolute Gasteiger partial charge is 0.151 e. The number of carbonyl (C=O) groups excluding carboxylic acids is 1. The van der Waals surface area contributed by atoms with E-state index in [1.807, 2.05) is 18.2 Å². The Morgan fingerprint density at radius 2 is 2.00 bits per heavy atom. The highest BCUT2D eigenvalue weighted by Crippen LogP contribution is 2.17. The molecule has 4 heteroatoms. The molecule has 1 aromatic rings. The number of benzene rings is 1. The van der Waals surface area contributed by atoms with Gasteiger partial charge in [-0.25, -0.2) is 0 Å². The number of alkyl halides is 2. The molecule has 14 heavy (non-hydrogen) atoms. The normalized spacial score (nSPS) is 10.2. The Labute approximate surface area is 98.8 Å². The number of ketones is 1. The number of hydrogen-bond acceptors (Lipinski definition) is 2. The maximum Gasteiger partial charge on any atom is 0.151 e. The van der Waals surface area contributed by atoms with Gasteiger partial charge in [0.15, 0.2) is 5.78 Å². The fourth-order valence-electron chi connectivity index (χ4n) is 1.17. The summed E-state index contributed by atoms with van der Waals surface area (Å²) in [6.07, 6.45) is 0.333. The molecule has 1 aromatic carbocycles. The lowest BCUT2D eigenvalue weighted by Crippen LogP contribution is -2.05. The fraction of sp³-hybridized carbons (Fsp3) is 0.300. The zero-order valence-electron chi connectivity index (χ0n) is 7.46. The Morgan fingerprint density at radius 3 is 2.57 bits per heavy atom. The van der Waals surface area contributed by atoms with Gasteiger partial charge >= 0.3 is 0 Å². The molecule has 0 aromatic heterocycles. The van der Waals surface area contributed by atoms with Crippen LogP contribution in [0.4, 0.5) is 0 Å². The van der Waals surface area contributed by atoms with Crippen molar-refractivity contribution in [3.63, 3.8) is 0 Å². The first-order valence-electron chi connectivity index (χ1n) is 4.11. The summed E-state index contributed by atoms with van der Waals surface area (Å²) in [6.45, 7) is 0. The minimum atomic E-state index is -0.00281. The predicted molar refractivity (Wildman–Crippen MR) is 62.7 cm³/mol. The van der Waals surface area contributed by atoms with E-state index < -0.39 is 0 Å². The Hall–Kier alpha value is -0.180. The van der Waals surface area contributed by atoms with Crippen LogP contribution in [0, 0.1) is 0 Å². The summed E-state index contributed by atoms with van der Waals surface area (Å²) >= 11 is 15.4. The van der Waals surface area contributed by atoms with Gasteiger partial charge in [-0.2, -0.15) is 0 Å². The summed E-state index contributed by atoms with van der Waals surface area (Å²) < 4.78 is 0. The van der Waals surface area contributed by atoms with Crippen molar-refractivity contribution < 1.29 is 4.79 Å². The zero-order valence-corrected chi connectivity index (χ0v) is 9.87. The number of thiol groups is 1. The van der Waals surface area contributed by atoms with Gasteiger partial charge in [-0.3, -0.25) is 4.79 Å². The third-order valence-corrected chi connectivity index (χ3v) is 2.73. The predicted octanol–water partition coefficient (Wildman–Crippen LogP) is 3.06. The third-order valence-electron chi connectivity index (χ3n) is 1.87. The number of Topliss-reactive ketones (excluding diaryl/α,β-unsaturated/α-hetero) is 1. The Kier molecular flexibility index (Phi) is 4.79. The second-order valence-corrected chi connectivity index (χ2v) is 3.99. The van der Waals surface area contributed by atoms with Gasteiger partial charge in [-0.1, -0.05) is 6.07 Å². The van der Waals surface area contributed by atoms with Crippen molar-refractivity contribution in [3.05, 3.63) is 29.3 Å². The first-order chi connectivity index (χ1) is 6.67. The first kappa shape index (κ1) is 11.9. The van der Waals surface area contributed by atoms with Gasteiger partial charge < -0.3 is 0 Å². The van der Waals surface area contributed by atoms with Crippen LogP contribution >= 0.6 is 35.8 Å². The summed E-state index contributed by atoms with van der Waals surface area (Å²) in [5.41, 5.74) is 1.88. The molecule has 76 valence electrons. The van der Waals surface area contributed by atoms with Crippen molar-refractivity contribution >= 4 is 41.6 Å². The lowest BCUT2D eigenvalue weighted by atomic mass is 10.0. The Bertz CT molecular complexity index is 339. The second-order valence-electron chi connectivity index (χ2n) is 2.94. The lowest BCUT2D eigenvalue weighted by molar-refractivity contribution is -0.116. The molecule has 0 atom stereocenters. The van der Waals surface area contributed by atoms with Crippen molar-refractivity contribution in [3.8, 4) is 0 Å². The summed E-state index contributed by atoms with van der Waals surface area (Å²) in [6, 6.07) is 5.59. The topological polar surface area (TPSA) is 17.1 Å². The van der Waals surface area contributed by atoms with E-state index >= 15 is 0 Å². The van der Waals surface area contributed by atoms with E-state index in [9.17, 15) is 4.79 Å². The van der Waals surface area contributed by atoms with E-state index in [2.05, 4.69) is 12.6 Å². The molecule has 0 aliphatic rings. The average molecular weight is 249 g/mol. The van der Waals surface area contributed by atoms with Crippen LogP contribution in [-0.2, 0) is 17.1 Å². The fourth-order valence-corrected chi connectivity index (χ4v) is 1.75. The molecule has 0 aliphatic heterocycles. The maximum absolute atomic E-state index is 11.2. The molecule has 0 bridgehead atoms. The van der Waals surface area contributed by atoms with Crippen molar-refractivity contribution in [2.24, 2.45) is 0 Å². The zero-order chi connectivity index (χ0) is 10.6. The molecular weight excluding hydrogens is 239 g/mol. The lowest BCUT2D eigenvalue weighted by Gasteiger charge is -2.06. The maximum atomic E-state index is 11.2. The number of hydrogen-bond donors (Lipinski definition) is 1. The minimum absolute atomic E-state index is 0.00281. The molecular formula is C10H10Cl2OS. The molecule has 0 spiro atoms. The van der Waals surface area contributed by atoms with Crippen LogP contribution in [0.15, 0.2) is 23.1 Å². The Morgan fingerprint density at radius 1 is 1.29 bits per heavy atom. The molecule has 0 amide bonds. The molecule has 0 fully saturated rings. The highest BCUT2D eigenvalue weighted by molar-refractivity contribution is 7.80. The number of halogens is 2. The Balaban J connectivity index is 2.93. The van der Waals surface area contributed by atoms with Gasteiger partial charge in [0, 0.05) is 17.2 Å². The van der Waals surface area contributed by atoms with Crippen LogP contribution in [0.1, 0.15) is 11.1 Å². The van der Waals surface area contributed by atoms with Gasteiger partial charge in [0.25, 0.3) is 0 Å². The highest BCUT2D eigenvalue weighted by Gasteiger charge is 2.07. The molecule has 0 unspecified atom stereocenters. The molecule has 0 aliphatic carbocycles. The molecule has 0 heterocycles. The average Bonchev–Trinajstić information content (AvgIpc) is 2.18. The van der Waals surface area contributed by atoms with Gasteiger partial charge in [-0.05, 0) is 23.3 Å². The van der Waals surface area contributed by atoms with Crippen LogP contribution in [0.25, 0.3) is 0 Å². The largest absolute Gasteiger partial charge is 0.298 e. The van der Waals surface area contributed by atoms with E-state index in [4.69, 9.17) is 23.2 Å². The second kappa shape index (κ2) is 5.64. The van der Waals surface area contributed by atoms with E-state index in [0.717, 1.165) is 16.0 Å². The molecule has 0 saturated heterocycles. The quantitative estimate of drug-likeness (QED) is 0.641. The first-order valence-corrected chi connectivity index (χ1v) is 5.63. The van der Waals surface area contributed by atoms with Gasteiger partial charge in [0.05, 0.1) is 5.88 Å². The molecule has 1 rings (SSSR count). The molecule has 1 nitrogen and oxygen atoms in total. The van der Waals surface area contributed by atoms with Crippen molar-refractivity contribution in [2.45, 2.75) is 17.2 Å². The molecule has 0 radical (unpaired) electrons. The summed E-state index contributed by atoms with van der Waals surface area (Å²) in [7, 11) is 0. The summed E-state index contributed by atoms with van der Waals surface area (Å²) in [5, 5.41) is 0. The SMILES string of the molecule is O=C(CCl)Cc1cc(S)ccc1CCl. The third kappa shape index (κ3) is 3.19. The van der Waals surface area contributed by atoms with E-state index in [-0.39, 0.29) is 11.7 Å². The minimum Gasteiger partial charge on any atom is -0.298 e. The van der Waals surface area contributed by atoms with Crippen LogP contribution in [0.3, 0.4) is 0 Å². The number of carbonyl (C=O) groups is 1. The summed E-state index contributed by atoms with van der Waals surface area (Å²) in [5.74, 6) is 0.439. The van der Waals surface area contributed by atoms with E-state index in [1.54, 1.807) is 0 Å². The highest BCUT2D eigenvalue weighted by atomic mass is 35.5. The van der Waals surface area contributed by atoms with Crippen LogP contribution in [0.5, 0.6) is 0 Å². The standard InChI is InChI=1S/C10H10Cl2OS/c11-5-7-1-2-10(14)4-8(7)3-9(13)6-12/h1-2,4,14H,3,5-6H2. The van der Waals surface area contributed by atoms with Crippen molar-refractivity contribution in [1.29, 1.82) is 0 Å². The van der Waals surface area contributed by atoms with Gasteiger partial charge in [-0.15, -0.1) is 35.8 Å². The molecule has 0 N–H and O–H groups in total. The summed E-state index contributed by atoms with van der Waals surface area (Å²) in [4.78, 5) is 12.0. The van der Waals surface area contributed by atoms with Gasteiger partial charge in [0.1, 0.15) is 0 Å². The monoisotopic (exact) mass is 248 g/mol. The van der Waals surface area contributed by atoms with Crippen molar-refractivity contribution in [2.75, 3.05) is 5.88 Å². The van der Waals surface area contributed by atoms with Crippen molar-refractivity contribution in [1.82, 2.24) is 0 Å². The van der Waals surface area contributed by atoms with Gasteiger partial charge in [0.2, 0.25) is 0 Å². The molecule has 0 saturated carbocycles. The van der Waals surface area contributed by atoms with E-state index in [0.29, 0.717) is 12.3 Å². The van der Waals surface area contributed by atoms with Crippen LogP contribution < -0.4 is 0 Å². The van der Waals surface area contributed by atoms with Crippen LogP contribution in [-0.4, -0.2) is 11.7 Å². The van der Waals surface area contributed by atoms with Crippen LogP contribution in [0.2, 0.25) is 0 Å². The van der Waals surface area contributed by atoms with E-state index in [1.165, 1.54) is 0 Å².